The number of nitrogens with zero attached hydrogens (tertiary/aromatic N) is 2. The van der Waals surface area contributed by atoms with Crippen LogP contribution in [0, 0.1) is 0 Å². The van der Waals surface area contributed by atoms with Crippen LogP contribution in [0.3, 0.4) is 0 Å². The van der Waals surface area contributed by atoms with E-state index in [-0.39, 0.29) is 0 Å². The highest BCUT2D eigenvalue weighted by molar-refractivity contribution is 4.76. The van der Waals surface area contributed by atoms with E-state index in [1.807, 2.05) is 0 Å². The molecule has 1 fully saturated rings. The standard InChI is InChI=1S/C12H24F3N3/c1-3-4-16-11(2)9-17-5-7-18(8-6-17)10-12(13,14)15/h11,16H,3-10H2,1-2H3. The fourth-order valence-electron chi connectivity index (χ4n) is 2.23. The quantitative estimate of drug-likeness (QED) is 0.788. The van der Waals surface area contributed by atoms with Gasteiger partial charge in [-0.3, -0.25) is 9.80 Å². The summed E-state index contributed by atoms with van der Waals surface area (Å²) in [5.74, 6) is 0. The van der Waals surface area contributed by atoms with Gasteiger partial charge in [0.05, 0.1) is 6.54 Å². The molecule has 1 N–H and O–H groups in total. The van der Waals surface area contributed by atoms with Crippen molar-refractivity contribution >= 4 is 0 Å². The smallest absolute Gasteiger partial charge is 0.313 e. The van der Waals surface area contributed by atoms with Crippen molar-refractivity contribution in [1.29, 1.82) is 0 Å². The van der Waals surface area contributed by atoms with Crippen LogP contribution in [0.4, 0.5) is 13.2 Å². The molecule has 0 aromatic carbocycles. The Morgan fingerprint density at radius 2 is 1.67 bits per heavy atom. The van der Waals surface area contributed by atoms with Crippen LogP contribution in [-0.2, 0) is 0 Å². The van der Waals surface area contributed by atoms with Crippen molar-refractivity contribution in [3.63, 3.8) is 0 Å². The van der Waals surface area contributed by atoms with E-state index in [1.165, 1.54) is 4.90 Å². The van der Waals surface area contributed by atoms with E-state index in [0.29, 0.717) is 19.1 Å². The van der Waals surface area contributed by atoms with Gasteiger partial charge in [0.1, 0.15) is 0 Å². The molecule has 1 saturated heterocycles. The first kappa shape index (κ1) is 15.7. The molecule has 0 aliphatic carbocycles. The second-order valence-corrected chi connectivity index (χ2v) is 5.05. The van der Waals surface area contributed by atoms with Gasteiger partial charge in [-0.2, -0.15) is 13.2 Å². The van der Waals surface area contributed by atoms with Crippen LogP contribution in [0.15, 0.2) is 0 Å². The van der Waals surface area contributed by atoms with Crippen LogP contribution in [0.1, 0.15) is 20.3 Å². The van der Waals surface area contributed by atoms with Gasteiger partial charge in [-0.25, -0.2) is 0 Å². The number of halogens is 3. The first-order valence-electron chi connectivity index (χ1n) is 6.65. The predicted octanol–water partition coefficient (Wildman–Crippen LogP) is 1.55. The lowest BCUT2D eigenvalue weighted by Gasteiger charge is -2.36. The van der Waals surface area contributed by atoms with E-state index in [4.69, 9.17) is 0 Å². The van der Waals surface area contributed by atoms with E-state index < -0.39 is 12.7 Å². The van der Waals surface area contributed by atoms with Crippen LogP contribution in [0.5, 0.6) is 0 Å². The van der Waals surface area contributed by atoms with Crippen molar-refractivity contribution in [1.82, 2.24) is 15.1 Å². The molecular formula is C12H24F3N3. The van der Waals surface area contributed by atoms with E-state index in [9.17, 15) is 13.2 Å². The lowest BCUT2D eigenvalue weighted by molar-refractivity contribution is -0.149. The molecule has 0 spiro atoms. The maximum absolute atomic E-state index is 12.2. The Bertz CT molecular complexity index is 225. The normalized spacial score (nSPS) is 21.2. The first-order valence-corrected chi connectivity index (χ1v) is 6.65. The van der Waals surface area contributed by atoms with Gasteiger partial charge in [0, 0.05) is 38.8 Å². The Balaban J connectivity index is 2.19. The largest absolute Gasteiger partial charge is 0.401 e. The van der Waals surface area contributed by atoms with Crippen LogP contribution in [0.2, 0.25) is 0 Å². The molecule has 18 heavy (non-hydrogen) atoms. The molecule has 0 aromatic rings. The summed E-state index contributed by atoms with van der Waals surface area (Å²) in [7, 11) is 0. The topological polar surface area (TPSA) is 18.5 Å². The molecule has 6 heteroatoms. The molecule has 0 bridgehead atoms. The van der Waals surface area contributed by atoms with Gasteiger partial charge in [0.15, 0.2) is 0 Å². The molecule has 1 atom stereocenters. The van der Waals surface area contributed by atoms with Gasteiger partial charge in [-0.05, 0) is 19.9 Å². The Morgan fingerprint density at radius 3 is 2.17 bits per heavy atom. The zero-order chi connectivity index (χ0) is 13.6. The highest BCUT2D eigenvalue weighted by Gasteiger charge is 2.32. The predicted molar refractivity (Wildman–Crippen MR) is 66.7 cm³/mol. The Morgan fingerprint density at radius 1 is 1.11 bits per heavy atom. The van der Waals surface area contributed by atoms with Gasteiger partial charge in [-0.1, -0.05) is 6.92 Å². The van der Waals surface area contributed by atoms with Gasteiger partial charge >= 0.3 is 6.18 Å². The maximum Gasteiger partial charge on any atom is 0.401 e. The first-order chi connectivity index (χ1) is 8.40. The van der Waals surface area contributed by atoms with E-state index in [2.05, 4.69) is 24.1 Å². The molecule has 0 saturated carbocycles. The molecule has 1 heterocycles. The van der Waals surface area contributed by atoms with Crippen LogP contribution >= 0.6 is 0 Å². The highest BCUT2D eigenvalue weighted by Crippen LogP contribution is 2.17. The molecule has 1 aliphatic rings. The van der Waals surface area contributed by atoms with Crippen molar-refractivity contribution in [3.05, 3.63) is 0 Å². The second-order valence-electron chi connectivity index (χ2n) is 5.05. The minimum absolute atomic E-state index is 0.402. The molecule has 108 valence electrons. The Labute approximate surface area is 107 Å². The van der Waals surface area contributed by atoms with Crippen molar-refractivity contribution in [3.8, 4) is 0 Å². The maximum atomic E-state index is 12.2. The third-order valence-corrected chi connectivity index (χ3v) is 3.14. The number of hydrogen-bond acceptors (Lipinski definition) is 3. The van der Waals surface area contributed by atoms with Gasteiger partial charge in [0.2, 0.25) is 0 Å². The molecule has 0 aromatic heterocycles. The average Bonchev–Trinajstić information content (AvgIpc) is 2.27. The fourth-order valence-corrected chi connectivity index (χ4v) is 2.23. The second kappa shape index (κ2) is 7.31. The number of alkyl halides is 3. The summed E-state index contributed by atoms with van der Waals surface area (Å²) >= 11 is 0. The minimum atomic E-state index is -4.07. The number of nitrogens with one attached hydrogen (secondary N) is 1. The molecule has 1 unspecified atom stereocenters. The van der Waals surface area contributed by atoms with Gasteiger partial charge < -0.3 is 5.32 Å². The lowest BCUT2D eigenvalue weighted by atomic mass is 10.2. The summed E-state index contributed by atoms with van der Waals surface area (Å²) in [4.78, 5) is 3.72. The summed E-state index contributed by atoms with van der Waals surface area (Å²) in [6.45, 7) is 7.87. The van der Waals surface area contributed by atoms with Gasteiger partial charge in [0.25, 0.3) is 0 Å². The van der Waals surface area contributed by atoms with E-state index >= 15 is 0 Å². The average molecular weight is 267 g/mol. The molecule has 0 radical (unpaired) electrons. The Kier molecular flexibility index (Phi) is 6.38. The fraction of sp³-hybridized carbons (Fsp3) is 1.00. The minimum Gasteiger partial charge on any atom is -0.313 e. The van der Waals surface area contributed by atoms with Crippen LogP contribution in [-0.4, -0.2) is 67.8 Å². The summed E-state index contributed by atoms with van der Waals surface area (Å²) in [5, 5.41) is 3.39. The summed E-state index contributed by atoms with van der Waals surface area (Å²) in [6.07, 6.45) is -2.97. The monoisotopic (exact) mass is 267 g/mol. The zero-order valence-corrected chi connectivity index (χ0v) is 11.3. The molecule has 0 amide bonds. The molecular weight excluding hydrogens is 243 g/mol. The number of piperazine rings is 1. The lowest BCUT2D eigenvalue weighted by Crippen LogP contribution is -2.51. The van der Waals surface area contributed by atoms with Gasteiger partial charge in [-0.15, -0.1) is 0 Å². The van der Waals surface area contributed by atoms with E-state index in [0.717, 1.165) is 32.6 Å². The third kappa shape index (κ3) is 6.56. The van der Waals surface area contributed by atoms with Crippen molar-refractivity contribution < 1.29 is 13.2 Å². The molecule has 1 aliphatic heterocycles. The third-order valence-electron chi connectivity index (χ3n) is 3.14. The van der Waals surface area contributed by atoms with Crippen LogP contribution < -0.4 is 5.32 Å². The SMILES string of the molecule is CCCNC(C)CN1CCN(CC(F)(F)F)CC1. The molecule has 3 nitrogen and oxygen atoms in total. The number of hydrogen-bond donors (Lipinski definition) is 1. The summed E-state index contributed by atoms with van der Waals surface area (Å²) in [5.41, 5.74) is 0. The van der Waals surface area contributed by atoms with Crippen molar-refractivity contribution in [2.24, 2.45) is 0 Å². The summed E-state index contributed by atoms with van der Waals surface area (Å²) < 4.78 is 36.7. The van der Waals surface area contributed by atoms with E-state index in [1.54, 1.807) is 0 Å². The van der Waals surface area contributed by atoms with Crippen LogP contribution in [0.25, 0.3) is 0 Å². The van der Waals surface area contributed by atoms with Crippen molar-refractivity contribution in [2.75, 3.05) is 45.8 Å². The van der Waals surface area contributed by atoms with Crippen molar-refractivity contribution in [2.45, 2.75) is 32.5 Å². The number of rotatable bonds is 6. The highest BCUT2D eigenvalue weighted by atomic mass is 19.4. The zero-order valence-electron chi connectivity index (χ0n) is 11.3. The molecule has 1 rings (SSSR count). The summed E-state index contributed by atoms with van der Waals surface area (Å²) in [6, 6.07) is 0.402. The Hall–Kier alpha value is -0.330.